The van der Waals surface area contributed by atoms with Gasteiger partial charge in [-0.3, -0.25) is 0 Å². The third kappa shape index (κ3) is 3.36. The van der Waals surface area contributed by atoms with Crippen molar-refractivity contribution in [2.45, 2.75) is 65.8 Å². The Labute approximate surface area is 110 Å². The van der Waals surface area contributed by atoms with Crippen LogP contribution in [-0.4, -0.2) is 30.4 Å². The molecule has 0 aromatic rings. The van der Waals surface area contributed by atoms with Crippen molar-refractivity contribution in [1.82, 2.24) is 0 Å². The Morgan fingerprint density at radius 2 is 1.61 bits per heavy atom. The molecule has 1 fully saturated rings. The van der Waals surface area contributed by atoms with Crippen LogP contribution in [0.3, 0.4) is 0 Å². The fraction of sp³-hybridized carbons (Fsp3) is 0.769. The molecule has 0 aliphatic carbocycles. The predicted molar refractivity (Wildman–Crippen MR) is 71.1 cm³/mol. The molecule has 0 atom stereocenters. The maximum atomic E-state index is 11.5. The molecule has 0 unspecified atom stereocenters. The highest BCUT2D eigenvalue weighted by Crippen LogP contribution is 2.38. The van der Waals surface area contributed by atoms with Crippen molar-refractivity contribution in [2.24, 2.45) is 0 Å². The molecule has 0 aromatic heterocycles. The third-order valence-corrected chi connectivity index (χ3v) is 3.32. The Balaban J connectivity index is 2.73. The third-order valence-electron chi connectivity index (χ3n) is 3.32. The van der Waals surface area contributed by atoms with Crippen LogP contribution in [0.15, 0.2) is 11.5 Å². The summed E-state index contributed by atoms with van der Waals surface area (Å²) in [5.74, 6) is -0.364. The number of allylic oxidation sites excluding steroid dienone is 1. The van der Waals surface area contributed by atoms with E-state index < -0.39 is 18.3 Å². The Morgan fingerprint density at radius 1 is 1.17 bits per heavy atom. The van der Waals surface area contributed by atoms with Crippen molar-refractivity contribution in [3.8, 4) is 0 Å². The Kier molecular flexibility index (Phi) is 4.28. The molecular weight excluding hydrogens is 231 g/mol. The van der Waals surface area contributed by atoms with E-state index in [0.717, 1.165) is 5.47 Å². The van der Waals surface area contributed by atoms with Crippen LogP contribution in [0.1, 0.15) is 48.5 Å². The molecule has 0 spiro atoms. The molecule has 1 aliphatic rings. The van der Waals surface area contributed by atoms with E-state index >= 15 is 0 Å². The minimum absolute atomic E-state index is 0.125. The second-order valence-corrected chi connectivity index (χ2v) is 5.96. The van der Waals surface area contributed by atoms with Crippen LogP contribution < -0.4 is 0 Å². The van der Waals surface area contributed by atoms with Crippen LogP contribution >= 0.6 is 0 Å². The number of carbonyl (C=O) groups excluding carboxylic acids is 1. The minimum atomic E-state index is -0.491. The van der Waals surface area contributed by atoms with Crippen LogP contribution in [0, 0.1) is 0 Å². The molecule has 5 heteroatoms. The molecule has 0 radical (unpaired) electrons. The first kappa shape index (κ1) is 15.3. The van der Waals surface area contributed by atoms with E-state index in [1.807, 2.05) is 48.5 Å². The van der Waals surface area contributed by atoms with Gasteiger partial charge in [0, 0.05) is 6.08 Å². The lowest BCUT2D eigenvalue weighted by Crippen LogP contribution is -2.41. The molecule has 1 rings (SSSR count). The van der Waals surface area contributed by atoms with Crippen molar-refractivity contribution in [2.75, 3.05) is 0 Å². The average molecular weight is 254 g/mol. The number of ether oxygens (including phenoxy) is 1. The van der Waals surface area contributed by atoms with Gasteiger partial charge in [0.05, 0.1) is 17.3 Å². The Morgan fingerprint density at radius 3 is 2.00 bits per heavy atom. The molecule has 0 saturated carbocycles. The van der Waals surface area contributed by atoms with Gasteiger partial charge in [-0.05, 0) is 53.9 Å². The van der Waals surface area contributed by atoms with E-state index in [-0.39, 0.29) is 12.1 Å². The first-order valence-electron chi connectivity index (χ1n) is 6.29. The van der Waals surface area contributed by atoms with Crippen LogP contribution in [0.25, 0.3) is 0 Å². The highest BCUT2D eigenvalue weighted by Gasteiger charge is 2.51. The number of hydrogen-bond acceptors (Lipinski definition) is 4. The molecule has 1 heterocycles. The van der Waals surface area contributed by atoms with Crippen LogP contribution in [0.5, 0.6) is 0 Å². The zero-order chi connectivity index (χ0) is 14.1. The summed E-state index contributed by atoms with van der Waals surface area (Å²) in [7, 11) is -0.491. The second-order valence-electron chi connectivity index (χ2n) is 5.96. The summed E-state index contributed by atoms with van der Waals surface area (Å²) >= 11 is 0. The van der Waals surface area contributed by atoms with Gasteiger partial charge in [0.1, 0.15) is 0 Å². The zero-order valence-electron chi connectivity index (χ0n) is 12.4. The van der Waals surface area contributed by atoms with E-state index in [4.69, 9.17) is 14.0 Å². The van der Waals surface area contributed by atoms with E-state index in [9.17, 15) is 4.79 Å². The normalized spacial score (nSPS) is 22.4. The fourth-order valence-electron chi connectivity index (χ4n) is 1.55. The highest BCUT2D eigenvalue weighted by molar-refractivity contribution is 6.54. The van der Waals surface area contributed by atoms with Gasteiger partial charge in [0.15, 0.2) is 0 Å². The Bertz CT molecular complexity index is 342. The maximum absolute atomic E-state index is 11.5. The molecule has 0 bridgehead atoms. The monoisotopic (exact) mass is 254 g/mol. The summed E-state index contributed by atoms with van der Waals surface area (Å²) in [5.41, 5.74) is -0.0667. The number of hydrogen-bond donors (Lipinski definition) is 0. The van der Waals surface area contributed by atoms with Crippen LogP contribution in [-0.2, 0) is 18.8 Å². The molecule has 0 N–H and O–H groups in total. The van der Waals surface area contributed by atoms with Crippen molar-refractivity contribution in [3.05, 3.63) is 11.5 Å². The van der Waals surface area contributed by atoms with Crippen molar-refractivity contribution >= 4 is 13.1 Å². The van der Waals surface area contributed by atoms with E-state index in [0.29, 0.717) is 0 Å². The zero-order valence-corrected chi connectivity index (χ0v) is 12.4. The van der Waals surface area contributed by atoms with Gasteiger partial charge in [-0.25, -0.2) is 4.79 Å². The fourth-order valence-corrected chi connectivity index (χ4v) is 1.55. The standard InChI is InChI=1S/C13H23BO4/c1-9(2)16-11(15)8-10(3)14-17-12(4,5)13(6,7)18-14/h8-9H,1-7H3/b10-8+. The number of rotatable bonds is 3. The number of esters is 1. The molecule has 4 nitrogen and oxygen atoms in total. The molecular formula is C13H23BO4. The van der Waals surface area contributed by atoms with Gasteiger partial charge in [-0.2, -0.15) is 0 Å². The SMILES string of the molecule is C/C(=C\C(=O)OC(C)C)B1OC(C)(C)C(C)(C)O1. The van der Waals surface area contributed by atoms with Gasteiger partial charge in [-0.1, -0.05) is 0 Å². The topological polar surface area (TPSA) is 44.8 Å². The summed E-state index contributed by atoms with van der Waals surface area (Å²) in [6, 6.07) is 0. The van der Waals surface area contributed by atoms with Gasteiger partial charge in [-0.15, -0.1) is 0 Å². The molecule has 18 heavy (non-hydrogen) atoms. The molecule has 1 aliphatic heterocycles. The molecule has 0 amide bonds. The highest BCUT2D eigenvalue weighted by atomic mass is 16.7. The Hall–Kier alpha value is -0.805. The molecule has 1 saturated heterocycles. The van der Waals surface area contributed by atoms with Crippen molar-refractivity contribution < 1.29 is 18.8 Å². The summed E-state index contributed by atoms with van der Waals surface area (Å²) in [6.45, 7) is 13.4. The lowest BCUT2D eigenvalue weighted by Gasteiger charge is -2.32. The average Bonchev–Trinajstić information content (AvgIpc) is 2.34. The first-order chi connectivity index (χ1) is 8.05. The van der Waals surface area contributed by atoms with E-state index in [2.05, 4.69) is 0 Å². The quantitative estimate of drug-likeness (QED) is 0.441. The van der Waals surface area contributed by atoms with Gasteiger partial charge in [0.25, 0.3) is 0 Å². The van der Waals surface area contributed by atoms with Gasteiger partial charge >= 0.3 is 13.1 Å². The van der Waals surface area contributed by atoms with E-state index in [1.165, 1.54) is 6.08 Å². The van der Waals surface area contributed by atoms with Crippen molar-refractivity contribution in [1.29, 1.82) is 0 Å². The summed E-state index contributed by atoms with van der Waals surface area (Å²) < 4.78 is 16.7. The first-order valence-corrected chi connectivity index (χ1v) is 6.29. The van der Waals surface area contributed by atoms with Gasteiger partial charge < -0.3 is 14.0 Å². The minimum Gasteiger partial charge on any atom is -0.460 e. The smallest absolute Gasteiger partial charge is 0.460 e. The summed E-state index contributed by atoms with van der Waals surface area (Å²) in [4.78, 5) is 11.5. The molecule has 0 aromatic carbocycles. The van der Waals surface area contributed by atoms with Gasteiger partial charge in [0.2, 0.25) is 0 Å². The maximum Gasteiger partial charge on any atom is 0.490 e. The van der Waals surface area contributed by atoms with Crippen LogP contribution in [0.2, 0.25) is 0 Å². The van der Waals surface area contributed by atoms with Crippen LogP contribution in [0.4, 0.5) is 0 Å². The lowest BCUT2D eigenvalue weighted by atomic mass is 9.79. The number of carbonyl (C=O) groups is 1. The van der Waals surface area contributed by atoms with Crippen molar-refractivity contribution in [3.63, 3.8) is 0 Å². The molecule has 102 valence electrons. The summed E-state index contributed by atoms with van der Waals surface area (Å²) in [5, 5.41) is 0. The predicted octanol–water partition coefficient (Wildman–Crippen LogP) is 2.52. The lowest BCUT2D eigenvalue weighted by molar-refractivity contribution is -0.141. The largest absolute Gasteiger partial charge is 0.490 e. The van der Waals surface area contributed by atoms with E-state index in [1.54, 1.807) is 0 Å². The second kappa shape index (κ2) is 5.06. The summed E-state index contributed by atoms with van der Waals surface area (Å²) in [6.07, 6.45) is 1.31.